The number of nitrogens with zero attached hydrogens (tertiary/aromatic N) is 2. The number of thiophene rings is 1. The van der Waals surface area contributed by atoms with Gasteiger partial charge in [-0.25, -0.2) is 9.97 Å². The van der Waals surface area contributed by atoms with Crippen LogP contribution < -0.4 is 10.6 Å². The van der Waals surface area contributed by atoms with Crippen molar-refractivity contribution in [1.29, 1.82) is 0 Å². The molecule has 2 aromatic rings. The molecule has 114 valence electrons. The normalized spacial score (nSPS) is 12.2. The smallest absolute Gasteiger partial charge is 0.133 e. The Hall–Kier alpha value is -1.62. The molecule has 2 N–H and O–H groups in total. The lowest BCUT2D eigenvalue weighted by atomic mass is 10.2. The van der Waals surface area contributed by atoms with Gasteiger partial charge in [0.15, 0.2) is 0 Å². The lowest BCUT2D eigenvalue weighted by molar-refractivity contribution is 0.823. The zero-order valence-electron chi connectivity index (χ0n) is 13.2. The molecule has 0 fully saturated rings. The minimum absolute atomic E-state index is 0.252. The van der Waals surface area contributed by atoms with Crippen molar-refractivity contribution < 1.29 is 0 Å². The predicted molar refractivity (Wildman–Crippen MR) is 91.3 cm³/mol. The Kier molecular flexibility index (Phi) is 5.56. The van der Waals surface area contributed by atoms with E-state index in [2.05, 4.69) is 60.4 Å². The van der Waals surface area contributed by atoms with E-state index in [0.29, 0.717) is 0 Å². The number of rotatable bonds is 7. The van der Waals surface area contributed by atoms with E-state index < -0.39 is 0 Å². The molecule has 21 heavy (non-hydrogen) atoms. The second-order valence-electron chi connectivity index (χ2n) is 5.15. The molecule has 1 atom stereocenters. The van der Waals surface area contributed by atoms with Crippen molar-refractivity contribution in [1.82, 2.24) is 9.97 Å². The molecule has 0 aromatic carbocycles. The summed E-state index contributed by atoms with van der Waals surface area (Å²) >= 11 is 1.82. The van der Waals surface area contributed by atoms with Crippen molar-refractivity contribution in [2.24, 2.45) is 0 Å². The molecule has 0 radical (unpaired) electrons. The van der Waals surface area contributed by atoms with Crippen molar-refractivity contribution in [2.75, 3.05) is 17.2 Å². The van der Waals surface area contributed by atoms with Gasteiger partial charge in [-0.15, -0.1) is 11.3 Å². The van der Waals surface area contributed by atoms with E-state index in [1.165, 1.54) is 9.75 Å². The van der Waals surface area contributed by atoms with E-state index in [9.17, 15) is 0 Å². The number of nitrogens with one attached hydrogen (secondary N) is 2. The van der Waals surface area contributed by atoms with Crippen molar-refractivity contribution in [3.8, 4) is 0 Å². The molecular weight excluding hydrogens is 280 g/mol. The zero-order chi connectivity index (χ0) is 15.2. The van der Waals surface area contributed by atoms with Crippen LogP contribution in [0.2, 0.25) is 0 Å². The molecule has 2 heterocycles. The monoisotopic (exact) mass is 304 g/mol. The molecule has 2 rings (SSSR count). The molecule has 0 saturated carbocycles. The first-order chi connectivity index (χ1) is 10.1. The fourth-order valence-corrected chi connectivity index (χ4v) is 3.04. The van der Waals surface area contributed by atoms with E-state index in [4.69, 9.17) is 0 Å². The predicted octanol–water partition coefficient (Wildman–Crippen LogP) is 4.40. The van der Waals surface area contributed by atoms with Crippen LogP contribution in [0.4, 0.5) is 11.6 Å². The fourth-order valence-electron chi connectivity index (χ4n) is 2.16. The first-order valence-electron chi connectivity index (χ1n) is 7.57. The molecule has 0 aliphatic heterocycles. The molecule has 0 bridgehead atoms. The first-order valence-corrected chi connectivity index (χ1v) is 8.38. The van der Waals surface area contributed by atoms with Crippen molar-refractivity contribution in [3.63, 3.8) is 0 Å². The van der Waals surface area contributed by atoms with Gasteiger partial charge in [-0.2, -0.15) is 0 Å². The van der Waals surface area contributed by atoms with Crippen LogP contribution in [-0.4, -0.2) is 16.5 Å². The maximum Gasteiger partial charge on any atom is 0.133 e. The maximum absolute atomic E-state index is 4.62. The van der Waals surface area contributed by atoms with Gasteiger partial charge in [0.2, 0.25) is 0 Å². The maximum atomic E-state index is 4.62. The third kappa shape index (κ3) is 4.43. The number of hydrogen-bond donors (Lipinski definition) is 2. The van der Waals surface area contributed by atoms with E-state index in [0.717, 1.165) is 36.8 Å². The minimum atomic E-state index is 0.252. The van der Waals surface area contributed by atoms with E-state index in [1.54, 1.807) is 0 Å². The Morgan fingerprint density at radius 3 is 2.57 bits per heavy atom. The highest BCUT2D eigenvalue weighted by Crippen LogP contribution is 2.25. The van der Waals surface area contributed by atoms with Gasteiger partial charge < -0.3 is 10.6 Å². The average Bonchev–Trinajstić information content (AvgIpc) is 2.86. The summed E-state index contributed by atoms with van der Waals surface area (Å²) in [4.78, 5) is 11.8. The average molecular weight is 304 g/mol. The van der Waals surface area contributed by atoms with Gasteiger partial charge in [-0.1, -0.05) is 6.92 Å². The molecule has 2 aromatic heterocycles. The summed E-state index contributed by atoms with van der Waals surface area (Å²) in [6.45, 7) is 9.38. The van der Waals surface area contributed by atoms with Crippen LogP contribution in [0, 0.1) is 6.92 Å². The minimum Gasteiger partial charge on any atom is -0.370 e. The Bertz CT molecular complexity index is 555. The third-order valence-electron chi connectivity index (χ3n) is 3.16. The Balaban J connectivity index is 2.17. The highest BCUT2D eigenvalue weighted by molar-refractivity contribution is 7.12. The Morgan fingerprint density at radius 2 is 1.95 bits per heavy atom. The summed E-state index contributed by atoms with van der Waals surface area (Å²) < 4.78 is 0. The number of anilines is 2. The van der Waals surface area contributed by atoms with Gasteiger partial charge in [0.25, 0.3) is 0 Å². The summed E-state index contributed by atoms with van der Waals surface area (Å²) in [5, 5.41) is 6.76. The van der Waals surface area contributed by atoms with Gasteiger partial charge in [0, 0.05) is 28.8 Å². The van der Waals surface area contributed by atoms with Crippen LogP contribution in [0.3, 0.4) is 0 Å². The van der Waals surface area contributed by atoms with Crippen LogP contribution in [-0.2, 0) is 6.42 Å². The summed E-state index contributed by atoms with van der Waals surface area (Å²) in [5.74, 6) is 2.68. The second kappa shape index (κ2) is 7.41. The lowest BCUT2D eigenvalue weighted by Crippen LogP contribution is -2.10. The molecular formula is C16H24N4S. The molecule has 5 heteroatoms. The number of aromatic nitrogens is 2. The molecule has 0 amide bonds. The summed E-state index contributed by atoms with van der Waals surface area (Å²) in [5.41, 5.74) is 0. The first kappa shape index (κ1) is 15.8. The molecule has 0 aliphatic carbocycles. The Morgan fingerprint density at radius 1 is 1.19 bits per heavy atom. The van der Waals surface area contributed by atoms with Crippen LogP contribution in [0.5, 0.6) is 0 Å². The van der Waals surface area contributed by atoms with Gasteiger partial charge >= 0.3 is 0 Å². The van der Waals surface area contributed by atoms with Gasteiger partial charge in [0.1, 0.15) is 17.5 Å². The standard InChI is InChI=1S/C16H24N4S/c1-5-7-14-19-15(17-6-2)10-16(20-14)18-12(4)13-9-8-11(3)21-13/h8-10,12H,5-7H2,1-4H3,(H2,17,18,19,20). The SMILES string of the molecule is CCCc1nc(NCC)cc(NC(C)c2ccc(C)s2)n1. The van der Waals surface area contributed by atoms with Crippen LogP contribution in [0.15, 0.2) is 18.2 Å². The summed E-state index contributed by atoms with van der Waals surface area (Å²) in [6, 6.07) is 6.57. The van der Waals surface area contributed by atoms with Crippen molar-refractivity contribution in [3.05, 3.63) is 33.8 Å². The van der Waals surface area contributed by atoms with E-state index >= 15 is 0 Å². The van der Waals surface area contributed by atoms with Crippen LogP contribution in [0.25, 0.3) is 0 Å². The molecule has 1 unspecified atom stereocenters. The Labute approximate surface area is 131 Å². The highest BCUT2D eigenvalue weighted by atomic mass is 32.1. The van der Waals surface area contributed by atoms with Gasteiger partial charge in [-0.05, 0) is 39.3 Å². The van der Waals surface area contributed by atoms with Gasteiger partial charge in [-0.3, -0.25) is 0 Å². The second-order valence-corrected chi connectivity index (χ2v) is 6.47. The van der Waals surface area contributed by atoms with Gasteiger partial charge in [0.05, 0.1) is 6.04 Å². The largest absolute Gasteiger partial charge is 0.370 e. The number of hydrogen-bond acceptors (Lipinski definition) is 5. The van der Waals surface area contributed by atoms with Crippen molar-refractivity contribution in [2.45, 2.75) is 46.6 Å². The summed E-state index contributed by atoms with van der Waals surface area (Å²) in [7, 11) is 0. The summed E-state index contributed by atoms with van der Waals surface area (Å²) in [6.07, 6.45) is 1.95. The van der Waals surface area contributed by atoms with Crippen LogP contribution >= 0.6 is 11.3 Å². The zero-order valence-corrected chi connectivity index (χ0v) is 14.0. The molecule has 0 saturated heterocycles. The fraction of sp³-hybridized carbons (Fsp3) is 0.500. The quantitative estimate of drug-likeness (QED) is 0.796. The lowest BCUT2D eigenvalue weighted by Gasteiger charge is -2.15. The molecule has 4 nitrogen and oxygen atoms in total. The van der Waals surface area contributed by atoms with Crippen molar-refractivity contribution >= 4 is 23.0 Å². The highest BCUT2D eigenvalue weighted by Gasteiger charge is 2.10. The van der Waals surface area contributed by atoms with E-state index in [-0.39, 0.29) is 6.04 Å². The molecule has 0 aliphatic rings. The van der Waals surface area contributed by atoms with Crippen LogP contribution in [0.1, 0.15) is 48.8 Å². The number of aryl methyl sites for hydroxylation is 2. The van der Waals surface area contributed by atoms with E-state index in [1.807, 2.05) is 17.4 Å². The topological polar surface area (TPSA) is 49.8 Å². The third-order valence-corrected chi connectivity index (χ3v) is 4.34. The molecule has 0 spiro atoms.